The second kappa shape index (κ2) is 8.21. The Labute approximate surface area is 152 Å². The fourth-order valence-electron chi connectivity index (χ4n) is 3.35. The van der Waals surface area contributed by atoms with Crippen LogP contribution in [0.15, 0.2) is 23.3 Å². The van der Waals surface area contributed by atoms with Crippen LogP contribution in [0.2, 0.25) is 0 Å². The second-order valence-corrected chi connectivity index (χ2v) is 6.51. The van der Waals surface area contributed by atoms with E-state index in [-0.39, 0.29) is 11.5 Å². The Morgan fingerprint density at radius 3 is 2.50 bits per heavy atom. The van der Waals surface area contributed by atoms with E-state index < -0.39 is 0 Å². The first kappa shape index (κ1) is 18.2. The molecule has 1 saturated heterocycles. The molecular formula is C19H25N3O4. The van der Waals surface area contributed by atoms with Crippen LogP contribution in [0.4, 0.5) is 0 Å². The van der Waals surface area contributed by atoms with E-state index in [2.05, 4.69) is 4.98 Å². The van der Waals surface area contributed by atoms with Gasteiger partial charge in [-0.2, -0.15) is 0 Å². The van der Waals surface area contributed by atoms with Crippen LogP contribution in [0.1, 0.15) is 32.1 Å². The topological polar surface area (TPSA) is 73.7 Å². The van der Waals surface area contributed by atoms with Gasteiger partial charge < -0.3 is 14.4 Å². The summed E-state index contributed by atoms with van der Waals surface area (Å²) in [6, 6.07) is 3.35. The number of carbonyl (C=O) groups excluding carboxylic acids is 1. The number of benzene rings is 1. The van der Waals surface area contributed by atoms with Gasteiger partial charge in [-0.05, 0) is 31.7 Å². The number of piperidine rings is 1. The molecule has 0 atom stereocenters. The van der Waals surface area contributed by atoms with Gasteiger partial charge in [-0.1, -0.05) is 0 Å². The van der Waals surface area contributed by atoms with E-state index in [9.17, 15) is 9.59 Å². The van der Waals surface area contributed by atoms with E-state index in [1.54, 1.807) is 23.8 Å². The van der Waals surface area contributed by atoms with Gasteiger partial charge in [-0.25, -0.2) is 4.98 Å². The van der Waals surface area contributed by atoms with Crippen LogP contribution in [-0.4, -0.2) is 47.7 Å². The van der Waals surface area contributed by atoms with Gasteiger partial charge in [0.2, 0.25) is 5.91 Å². The van der Waals surface area contributed by atoms with Gasteiger partial charge in [0.15, 0.2) is 11.5 Å². The predicted molar refractivity (Wildman–Crippen MR) is 98.8 cm³/mol. The van der Waals surface area contributed by atoms with Crippen LogP contribution in [-0.2, 0) is 11.3 Å². The van der Waals surface area contributed by atoms with Crippen molar-refractivity contribution in [2.75, 3.05) is 27.3 Å². The average molecular weight is 359 g/mol. The number of ether oxygens (including phenoxy) is 2. The Morgan fingerprint density at radius 1 is 1.12 bits per heavy atom. The summed E-state index contributed by atoms with van der Waals surface area (Å²) in [7, 11) is 3.08. The molecular weight excluding hydrogens is 334 g/mol. The first-order chi connectivity index (χ1) is 12.6. The molecule has 0 bridgehead atoms. The van der Waals surface area contributed by atoms with Crippen molar-refractivity contribution in [1.82, 2.24) is 14.5 Å². The highest BCUT2D eigenvalue weighted by molar-refractivity contribution is 5.81. The van der Waals surface area contributed by atoms with Crippen LogP contribution in [0.25, 0.3) is 10.9 Å². The minimum absolute atomic E-state index is 0.138. The minimum atomic E-state index is -0.138. The predicted octanol–water partition coefficient (Wildman–Crippen LogP) is 2.21. The highest BCUT2D eigenvalue weighted by Crippen LogP contribution is 2.29. The van der Waals surface area contributed by atoms with Crippen molar-refractivity contribution in [2.45, 2.75) is 38.6 Å². The van der Waals surface area contributed by atoms with Crippen molar-refractivity contribution in [1.29, 1.82) is 0 Å². The van der Waals surface area contributed by atoms with Crippen LogP contribution < -0.4 is 15.0 Å². The smallest absolute Gasteiger partial charge is 0.261 e. The summed E-state index contributed by atoms with van der Waals surface area (Å²) < 4.78 is 12.1. The van der Waals surface area contributed by atoms with Crippen molar-refractivity contribution < 1.29 is 14.3 Å². The lowest BCUT2D eigenvalue weighted by Crippen LogP contribution is -2.35. The van der Waals surface area contributed by atoms with Crippen molar-refractivity contribution in [3.63, 3.8) is 0 Å². The quantitative estimate of drug-likeness (QED) is 0.791. The molecule has 7 nitrogen and oxygen atoms in total. The van der Waals surface area contributed by atoms with E-state index in [4.69, 9.17) is 9.47 Å². The van der Waals surface area contributed by atoms with E-state index in [1.165, 1.54) is 19.9 Å². The van der Waals surface area contributed by atoms with Crippen molar-refractivity contribution in [3.8, 4) is 11.5 Å². The average Bonchev–Trinajstić information content (AvgIpc) is 2.69. The number of aryl methyl sites for hydroxylation is 1. The van der Waals surface area contributed by atoms with Gasteiger partial charge in [0.25, 0.3) is 5.56 Å². The number of fused-ring (bicyclic) bond motifs is 1. The van der Waals surface area contributed by atoms with E-state index in [1.807, 2.05) is 4.90 Å². The van der Waals surface area contributed by atoms with Crippen molar-refractivity contribution in [2.24, 2.45) is 0 Å². The van der Waals surface area contributed by atoms with Crippen molar-refractivity contribution >= 4 is 16.8 Å². The van der Waals surface area contributed by atoms with Gasteiger partial charge in [0, 0.05) is 32.1 Å². The molecule has 0 saturated carbocycles. The van der Waals surface area contributed by atoms with Crippen LogP contribution >= 0.6 is 0 Å². The summed E-state index contributed by atoms with van der Waals surface area (Å²) in [5.41, 5.74) is 0.426. The lowest BCUT2D eigenvalue weighted by Gasteiger charge is -2.26. The van der Waals surface area contributed by atoms with Gasteiger partial charge in [0.1, 0.15) is 0 Å². The molecule has 1 aliphatic heterocycles. The summed E-state index contributed by atoms with van der Waals surface area (Å²) in [6.07, 6.45) is 5.99. The maximum Gasteiger partial charge on any atom is 0.261 e. The van der Waals surface area contributed by atoms with E-state index >= 15 is 0 Å². The Balaban J connectivity index is 1.71. The third kappa shape index (κ3) is 3.81. The summed E-state index contributed by atoms with van der Waals surface area (Å²) >= 11 is 0. The number of aromatic nitrogens is 2. The van der Waals surface area contributed by atoms with Crippen molar-refractivity contribution in [3.05, 3.63) is 28.8 Å². The molecule has 3 rings (SSSR count). The van der Waals surface area contributed by atoms with Crippen LogP contribution in [0.3, 0.4) is 0 Å². The first-order valence-electron chi connectivity index (χ1n) is 9.03. The van der Waals surface area contributed by atoms with Crippen LogP contribution in [0, 0.1) is 0 Å². The molecule has 26 heavy (non-hydrogen) atoms. The van der Waals surface area contributed by atoms with Gasteiger partial charge >= 0.3 is 0 Å². The molecule has 2 heterocycles. The molecule has 2 aromatic rings. The highest BCUT2D eigenvalue weighted by atomic mass is 16.5. The fourth-order valence-corrected chi connectivity index (χ4v) is 3.35. The largest absolute Gasteiger partial charge is 0.493 e. The molecule has 1 fully saturated rings. The third-order valence-corrected chi connectivity index (χ3v) is 4.83. The monoisotopic (exact) mass is 359 g/mol. The Hall–Kier alpha value is -2.57. The molecule has 0 unspecified atom stereocenters. The maximum absolute atomic E-state index is 12.7. The molecule has 1 aliphatic rings. The first-order valence-corrected chi connectivity index (χ1v) is 9.03. The fraction of sp³-hybridized carbons (Fsp3) is 0.526. The van der Waals surface area contributed by atoms with E-state index in [0.717, 1.165) is 25.9 Å². The second-order valence-electron chi connectivity index (χ2n) is 6.51. The molecule has 140 valence electrons. The van der Waals surface area contributed by atoms with E-state index in [0.29, 0.717) is 41.8 Å². The SMILES string of the molecule is COc1cc2ncn(CCCC(=O)N3CCCCC3)c(=O)c2cc1OC. The molecule has 1 aromatic heterocycles. The molecule has 1 amide bonds. The lowest BCUT2D eigenvalue weighted by molar-refractivity contribution is -0.132. The summed E-state index contributed by atoms with van der Waals surface area (Å²) in [4.78, 5) is 31.2. The Kier molecular flexibility index (Phi) is 5.75. The number of rotatable bonds is 6. The highest BCUT2D eigenvalue weighted by Gasteiger charge is 2.16. The lowest BCUT2D eigenvalue weighted by atomic mass is 10.1. The zero-order valence-corrected chi connectivity index (χ0v) is 15.4. The molecule has 0 radical (unpaired) electrons. The van der Waals surface area contributed by atoms with Gasteiger partial charge in [-0.3, -0.25) is 14.2 Å². The van der Waals surface area contributed by atoms with Gasteiger partial charge in [0.05, 0.1) is 31.4 Å². The van der Waals surface area contributed by atoms with Crippen LogP contribution in [0.5, 0.6) is 11.5 Å². The zero-order valence-electron chi connectivity index (χ0n) is 15.4. The Morgan fingerprint density at radius 2 is 1.81 bits per heavy atom. The number of carbonyl (C=O) groups is 1. The number of hydrogen-bond acceptors (Lipinski definition) is 5. The number of likely N-dealkylation sites (tertiary alicyclic amines) is 1. The summed E-state index contributed by atoms with van der Waals surface area (Å²) in [5.74, 6) is 1.21. The number of amides is 1. The third-order valence-electron chi connectivity index (χ3n) is 4.83. The molecule has 1 aromatic carbocycles. The minimum Gasteiger partial charge on any atom is -0.493 e. The molecule has 0 spiro atoms. The summed E-state index contributed by atoms with van der Waals surface area (Å²) in [5, 5.41) is 0.479. The number of hydrogen-bond donors (Lipinski definition) is 0. The maximum atomic E-state index is 12.7. The normalized spacial score (nSPS) is 14.5. The molecule has 7 heteroatoms. The summed E-state index contributed by atoms with van der Waals surface area (Å²) in [6.45, 7) is 2.19. The number of nitrogens with zero attached hydrogens (tertiary/aromatic N) is 3. The number of methoxy groups -OCH3 is 2. The zero-order chi connectivity index (χ0) is 18.5. The molecule has 0 N–H and O–H groups in total. The molecule has 0 aliphatic carbocycles. The standard InChI is InChI=1S/C19H25N3O4/c1-25-16-11-14-15(12-17(16)26-2)20-13-22(19(14)24)10-6-7-18(23)21-8-4-3-5-9-21/h11-13H,3-10H2,1-2H3. The Bertz CT molecular complexity index is 841. The van der Waals surface area contributed by atoms with Gasteiger partial charge in [-0.15, -0.1) is 0 Å².